The Morgan fingerprint density at radius 2 is 1.96 bits per heavy atom. The molecule has 2 aromatic heterocycles. The van der Waals surface area contributed by atoms with Gasteiger partial charge in [0, 0.05) is 64.6 Å². The van der Waals surface area contributed by atoms with Gasteiger partial charge in [0.1, 0.15) is 5.54 Å². The summed E-state index contributed by atoms with van der Waals surface area (Å²) < 4.78 is 0. The number of carbonyl (C=O) groups excluding carboxylic acids is 1. The van der Waals surface area contributed by atoms with Crippen molar-refractivity contribution in [2.24, 2.45) is 0 Å². The molecule has 4 heterocycles. The molecule has 1 unspecified atom stereocenters. The largest absolute Gasteiger partial charge is 0.343 e. The van der Waals surface area contributed by atoms with Crippen LogP contribution < -0.4 is 4.90 Å². The first-order valence-electron chi connectivity index (χ1n) is 8.60. The zero-order chi connectivity index (χ0) is 17.3. The Morgan fingerprint density at radius 3 is 2.72 bits per heavy atom. The fourth-order valence-electron chi connectivity index (χ4n) is 3.87. The van der Waals surface area contributed by atoms with Crippen LogP contribution in [-0.4, -0.2) is 69.4 Å². The Labute approximate surface area is 147 Å². The number of anilines is 1. The van der Waals surface area contributed by atoms with Gasteiger partial charge >= 0.3 is 0 Å². The van der Waals surface area contributed by atoms with E-state index in [1.807, 2.05) is 30.3 Å². The number of hydrogen-bond acceptors (Lipinski definition) is 6. The van der Waals surface area contributed by atoms with Crippen molar-refractivity contribution in [2.75, 3.05) is 38.1 Å². The molecule has 0 aliphatic carbocycles. The van der Waals surface area contributed by atoms with E-state index in [2.05, 4.69) is 30.8 Å². The summed E-state index contributed by atoms with van der Waals surface area (Å²) in [6, 6.07) is 5.82. The molecule has 130 valence electrons. The molecule has 1 amide bonds. The molecule has 2 aliphatic heterocycles. The maximum atomic E-state index is 13.1. The Kier molecular flexibility index (Phi) is 4.09. The van der Waals surface area contributed by atoms with Crippen LogP contribution in [-0.2, 0) is 11.3 Å². The maximum Gasteiger partial charge on any atom is 0.244 e. The Bertz CT molecular complexity index is 740. The molecule has 0 saturated carbocycles. The molecule has 2 aliphatic rings. The number of carbonyl (C=O) groups is 1. The maximum absolute atomic E-state index is 13.1. The number of likely N-dealkylation sites (N-methyl/N-ethyl adjacent to an activating group) is 1. The summed E-state index contributed by atoms with van der Waals surface area (Å²) in [5.41, 5.74) is 0.621. The van der Waals surface area contributed by atoms with E-state index in [1.165, 1.54) is 0 Å². The lowest BCUT2D eigenvalue weighted by Gasteiger charge is -2.46. The molecular formula is C18H22N6O. The summed E-state index contributed by atoms with van der Waals surface area (Å²) in [7, 11) is 1.90. The van der Waals surface area contributed by atoms with Crippen LogP contribution in [0.4, 0.5) is 5.95 Å². The van der Waals surface area contributed by atoms with E-state index in [0.717, 1.165) is 38.2 Å². The first-order chi connectivity index (χ1) is 12.2. The van der Waals surface area contributed by atoms with Gasteiger partial charge in [-0.2, -0.15) is 0 Å². The third kappa shape index (κ3) is 2.84. The van der Waals surface area contributed by atoms with Gasteiger partial charge in [-0.05, 0) is 24.1 Å². The normalized spacial score (nSPS) is 24.3. The molecule has 0 bridgehead atoms. The monoisotopic (exact) mass is 338 g/mol. The molecule has 7 heteroatoms. The smallest absolute Gasteiger partial charge is 0.244 e. The molecule has 0 radical (unpaired) electrons. The number of nitrogens with zero attached hydrogens (tertiary/aromatic N) is 6. The number of rotatable bonds is 3. The number of pyridine rings is 1. The molecule has 2 fully saturated rings. The molecule has 4 rings (SSSR count). The predicted molar refractivity (Wildman–Crippen MR) is 93.9 cm³/mol. The first kappa shape index (κ1) is 16.0. The van der Waals surface area contributed by atoms with Crippen molar-refractivity contribution in [2.45, 2.75) is 18.5 Å². The standard InChI is InChI=1S/C18H22N6O/c1-22-10-11-24(13-15-4-2-6-19-12-15)18(16(22)25)5-9-23(14-18)17-20-7-3-8-21-17/h2-4,6-8,12H,5,9-11,13-14H2,1H3. The second-order valence-corrected chi connectivity index (χ2v) is 6.76. The van der Waals surface area contributed by atoms with Crippen molar-refractivity contribution < 1.29 is 4.79 Å². The van der Waals surface area contributed by atoms with Crippen LogP contribution in [0.2, 0.25) is 0 Å². The minimum atomic E-state index is -0.512. The van der Waals surface area contributed by atoms with Gasteiger partial charge in [0.2, 0.25) is 11.9 Å². The highest BCUT2D eigenvalue weighted by molar-refractivity contribution is 5.88. The topological polar surface area (TPSA) is 65.5 Å². The van der Waals surface area contributed by atoms with E-state index in [0.29, 0.717) is 12.5 Å². The summed E-state index contributed by atoms with van der Waals surface area (Å²) in [4.78, 5) is 32.3. The molecule has 0 N–H and O–H groups in total. The van der Waals surface area contributed by atoms with Gasteiger partial charge in [-0.15, -0.1) is 0 Å². The van der Waals surface area contributed by atoms with Crippen molar-refractivity contribution in [3.05, 3.63) is 48.5 Å². The number of piperazine rings is 1. The molecular weight excluding hydrogens is 316 g/mol. The van der Waals surface area contributed by atoms with E-state index in [4.69, 9.17) is 0 Å². The predicted octanol–water partition coefficient (Wildman–Crippen LogP) is 0.795. The number of amides is 1. The van der Waals surface area contributed by atoms with Gasteiger partial charge in [-0.25, -0.2) is 9.97 Å². The Balaban J connectivity index is 1.62. The summed E-state index contributed by atoms with van der Waals surface area (Å²) in [5.74, 6) is 0.891. The van der Waals surface area contributed by atoms with Crippen molar-refractivity contribution >= 4 is 11.9 Å². The van der Waals surface area contributed by atoms with Gasteiger partial charge < -0.3 is 9.80 Å². The average Bonchev–Trinajstić information content (AvgIpc) is 3.11. The van der Waals surface area contributed by atoms with E-state index in [9.17, 15) is 4.79 Å². The fraction of sp³-hybridized carbons (Fsp3) is 0.444. The van der Waals surface area contributed by atoms with E-state index in [1.54, 1.807) is 18.6 Å². The summed E-state index contributed by atoms with van der Waals surface area (Å²) in [5, 5.41) is 0. The summed E-state index contributed by atoms with van der Waals surface area (Å²) >= 11 is 0. The lowest BCUT2D eigenvalue weighted by atomic mass is 9.91. The fourth-order valence-corrected chi connectivity index (χ4v) is 3.87. The average molecular weight is 338 g/mol. The Morgan fingerprint density at radius 1 is 1.12 bits per heavy atom. The highest BCUT2D eigenvalue weighted by atomic mass is 16.2. The van der Waals surface area contributed by atoms with Crippen LogP contribution >= 0.6 is 0 Å². The van der Waals surface area contributed by atoms with E-state index < -0.39 is 5.54 Å². The highest BCUT2D eigenvalue weighted by Gasteiger charge is 2.52. The van der Waals surface area contributed by atoms with Gasteiger partial charge in [-0.1, -0.05) is 6.07 Å². The van der Waals surface area contributed by atoms with Crippen LogP contribution in [0.1, 0.15) is 12.0 Å². The summed E-state index contributed by atoms with van der Waals surface area (Å²) in [6.07, 6.45) is 7.93. The lowest BCUT2D eigenvalue weighted by molar-refractivity contribution is -0.148. The third-order valence-electron chi connectivity index (χ3n) is 5.23. The zero-order valence-electron chi connectivity index (χ0n) is 14.4. The Hall–Kier alpha value is -2.54. The van der Waals surface area contributed by atoms with Gasteiger partial charge in [0.05, 0.1) is 0 Å². The molecule has 2 saturated heterocycles. The molecule has 2 aromatic rings. The number of aromatic nitrogens is 3. The zero-order valence-corrected chi connectivity index (χ0v) is 14.4. The second kappa shape index (κ2) is 6.40. The van der Waals surface area contributed by atoms with Gasteiger partial charge in [0.25, 0.3) is 0 Å². The third-order valence-corrected chi connectivity index (χ3v) is 5.23. The van der Waals surface area contributed by atoms with Crippen molar-refractivity contribution in [1.29, 1.82) is 0 Å². The summed E-state index contributed by atoms with van der Waals surface area (Å²) in [6.45, 7) is 3.76. The highest BCUT2D eigenvalue weighted by Crippen LogP contribution is 2.35. The van der Waals surface area contributed by atoms with Crippen molar-refractivity contribution in [3.8, 4) is 0 Å². The molecule has 25 heavy (non-hydrogen) atoms. The van der Waals surface area contributed by atoms with Crippen molar-refractivity contribution in [3.63, 3.8) is 0 Å². The first-order valence-corrected chi connectivity index (χ1v) is 8.60. The van der Waals surface area contributed by atoms with Gasteiger partial charge in [0.15, 0.2) is 0 Å². The van der Waals surface area contributed by atoms with Gasteiger partial charge in [-0.3, -0.25) is 14.7 Å². The SMILES string of the molecule is CN1CCN(Cc2cccnc2)C2(CCN(c3ncccn3)C2)C1=O. The second-order valence-electron chi connectivity index (χ2n) is 6.76. The molecule has 7 nitrogen and oxygen atoms in total. The minimum Gasteiger partial charge on any atom is -0.343 e. The van der Waals surface area contributed by atoms with E-state index >= 15 is 0 Å². The van der Waals surface area contributed by atoms with Crippen LogP contribution in [0.3, 0.4) is 0 Å². The quantitative estimate of drug-likeness (QED) is 0.825. The molecule has 1 atom stereocenters. The lowest BCUT2D eigenvalue weighted by Crippen LogP contribution is -2.65. The van der Waals surface area contributed by atoms with E-state index in [-0.39, 0.29) is 5.91 Å². The van der Waals surface area contributed by atoms with Crippen LogP contribution in [0.5, 0.6) is 0 Å². The molecule has 0 aromatic carbocycles. The van der Waals surface area contributed by atoms with Crippen LogP contribution in [0, 0.1) is 0 Å². The minimum absolute atomic E-state index is 0.195. The van der Waals surface area contributed by atoms with Crippen molar-refractivity contribution in [1.82, 2.24) is 24.8 Å². The number of hydrogen-bond donors (Lipinski definition) is 0. The van der Waals surface area contributed by atoms with Crippen LogP contribution in [0.25, 0.3) is 0 Å². The molecule has 1 spiro atoms. The van der Waals surface area contributed by atoms with Crippen LogP contribution in [0.15, 0.2) is 43.0 Å².